The van der Waals surface area contributed by atoms with Crippen LogP contribution in [0.3, 0.4) is 0 Å². The molecule has 0 unspecified atom stereocenters. The molecule has 2 aromatic heterocycles. The van der Waals surface area contributed by atoms with Crippen LogP contribution in [0.4, 0.5) is 4.39 Å². The molecule has 0 fully saturated rings. The SMILES string of the molecule is CCn1c(Oc2ccc(F)cc2)nnc1[C@@H](C)NS(=O)(=O)c1ccc(C(=O)OC)n1C. The molecule has 0 aliphatic heterocycles. The molecule has 0 radical (unpaired) electrons. The summed E-state index contributed by atoms with van der Waals surface area (Å²) in [6.07, 6.45) is 0. The van der Waals surface area contributed by atoms with E-state index >= 15 is 0 Å². The van der Waals surface area contributed by atoms with Crippen LogP contribution in [0.15, 0.2) is 41.4 Å². The number of esters is 1. The molecular formula is C19H22FN5O5S. The van der Waals surface area contributed by atoms with E-state index in [9.17, 15) is 17.6 Å². The highest BCUT2D eigenvalue weighted by Gasteiger charge is 2.27. The summed E-state index contributed by atoms with van der Waals surface area (Å²) < 4.78 is 54.5. The van der Waals surface area contributed by atoms with Gasteiger partial charge in [0.15, 0.2) is 10.9 Å². The van der Waals surface area contributed by atoms with Crippen LogP contribution < -0.4 is 9.46 Å². The number of sulfonamides is 1. The zero-order valence-corrected chi connectivity index (χ0v) is 18.2. The van der Waals surface area contributed by atoms with Crippen LogP contribution in [0, 0.1) is 5.82 Å². The molecule has 12 heteroatoms. The van der Waals surface area contributed by atoms with Crippen LogP contribution in [-0.2, 0) is 28.4 Å². The Hall–Kier alpha value is -3.25. The van der Waals surface area contributed by atoms with Crippen molar-refractivity contribution in [2.45, 2.75) is 31.5 Å². The van der Waals surface area contributed by atoms with E-state index in [0.717, 1.165) is 0 Å². The van der Waals surface area contributed by atoms with Crippen LogP contribution in [0.25, 0.3) is 0 Å². The van der Waals surface area contributed by atoms with Gasteiger partial charge < -0.3 is 14.0 Å². The molecule has 3 aromatic rings. The zero-order chi connectivity index (χ0) is 22.8. The topological polar surface area (TPSA) is 117 Å². The number of halogens is 1. The lowest BCUT2D eigenvalue weighted by molar-refractivity contribution is 0.0589. The van der Waals surface area contributed by atoms with Gasteiger partial charge in [0.25, 0.3) is 10.0 Å². The average Bonchev–Trinajstić information content (AvgIpc) is 3.32. The van der Waals surface area contributed by atoms with Crippen molar-refractivity contribution in [2.24, 2.45) is 7.05 Å². The van der Waals surface area contributed by atoms with Gasteiger partial charge in [-0.2, -0.15) is 4.72 Å². The number of nitrogens with zero attached hydrogens (tertiary/aromatic N) is 4. The van der Waals surface area contributed by atoms with Crippen molar-refractivity contribution in [3.8, 4) is 11.8 Å². The molecule has 10 nitrogen and oxygen atoms in total. The fourth-order valence-electron chi connectivity index (χ4n) is 3.02. The maximum Gasteiger partial charge on any atom is 0.354 e. The molecule has 166 valence electrons. The van der Waals surface area contributed by atoms with Gasteiger partial charge in [0, 0.05) is 13.6 Å². The molecule has 1 aromatic carbocycles. The quantitative estimate of drug-likeness (QED) is 0.523. The average molecular weight is 451 g/mol. The van der Waals surface area contributed by atoms with Crippen LogP contribution in [0.1, 0.15) is 36.2 Å². The number of nitrogens with one attached hydrogen (secondary N) is 1. The maximum atomic E-state index is 13.1. The molecule has 2 heterocycles. The van der Waals surface area contributed by atoms with Crippen LogP contribution in [0.5, 0.6) is 11.8 Å². The van der Waals surface area contributed by atoms with Gasteiger partial charge in [-0.1, -0.05) is 5.10 Å². The molecule has 3 rings (SSSR count). The van der Waals surface area contributed by atoms with Crippen molar-refractivity contribution >= 4 is 16.0 Å². The lowest BCUT2D eigenvalue weighted by atomic mass is 10.3. The van der Waals surface area contributed by atoms with E-state index in [1.807, 2.05) is 6.92 Å². The smallest absolute Gasteiger partial charge is 0.354 e. The third-order valence-corrected chi connectivity index (χ3v) is 6.17. The van der Waals surface area contributed by atoms with Gasteiger partial charge in [0.2, 0.25) is 0 Å². The Bertz CT molecular complexity index is 1190. The third-order valence-electron chi connectivity index (χ3n) is 4.55. The predicted molar refractivity (Wildman–Crippen MR) is 108 cm³/mol. The Morgan fingerprint density at radius 2 is 1.87 bits per heavy atom. The van der Waals surface area contributed by atoms with Gasteiger partial charge in [-0.25, -0.2) is 17.6 Å². The minimum Gasteiger partial charge on any atom is -0.464 e. The Labute approximate surface area is 178 Å². The summed E-state index contributed by atoms with van der Waals surface area (Å²) in [5, 5.41) is 7.93. The maximum absolute atomic E-state index is 13.1. The molecule has 1 N–H and O–H groups in total. The van der Waals surface area contributed by atoms with E-state index < -0.39 is 27.9 Å². The van der Waals surface area contributed by atoms with E-state index in [0.29, 0.717) is 18.1 Å². The van der Waals surface area contributed by atoms with Crippen molar-refractivity contribution < 1.29 is 27.1 Å². The molecular weight excluding hydrogens is 429 g/mol. The second kappa shape index (κ2) is 8.86. The standard InChI is InChI=1S/C19H22FN5O5S/c1-5-25-17(21-22-19(25)30-14-8-6-13(20)7-9-14)12(2)23-31(27,28)16-11-10-15(24(16)3)18(26)29-4/h6-12,23H,5H2,1-4H3/t12-/m1/s1. The first-order valence-corrected chi connectivity index (χ1v) is 10.8. The number of ether oxygens (including phenoxy) is 2. The molecule has 0 aliphatic carbocycles. The van der Waals surface area contributed by atoms with Crippen molar-refractivity contribution in [3.05, 3.63) is 53.7 Å². The summed E-state index contributed by atoms with van der Waals surface area (Å²) in [6, 6.07) is 7.46. The second-order valence-corrected chi connectivity index (χ2v) is 8.25. The van der Waals surface area contributed by atoms with E-state index in [2.05, 4.69) is 19.7 Å². The number of carbonyl (C=O) groups is 1. The predicted octanol–water partition coefficient (Wildman–Crippen LogP) is 2.39. The minimum atomic E-state index is -4.00. The molecule has 0 spiro atoms. The summed E-state index contributed by atoms with van der Waals surface area (Å²) in [4.78, 5) is 11.8. The summed E-state index contributed by atoms with van der Waals surface area (Å²) in [7, 11) is -1.33. The van der Waals surface area contributed by atoms with Gasteiger partial charge in [0.05, 0.1) is 13.2 Å². The normalized spacial score (nSPS) is 12.5. The highest BCUT2D eigenvalue weighted by Crippen LogP contribution is 2.24. The molecule has 0 bridgehead atoms. The Morgan fingerprint density at radius 3 is 2.48 bits per heavy atom. The largest absolute Gasteiger partial charge is 0.464 e. The fraction of sp³-hybridized carbons (Fsp3) is 0.316. The van der Waals surface area contributed by atoms with E-state index in [1.165, 1.54) is 55.1 Å². The molecule has 0 aliphatic rings. The molecule has 0 amide bonds. The first-order chi connectivity index (χ1) is 14.7. The second-order valence-electron chi connectivity index (χ2n) is 6.59. The molecule has 1 atom stereocenters. The summed E-state index contributed by atoms with van der Waals surface area (Å²) in [5.74, 6) is -0.359. The Balaban J connectivity index is 1.84. The van der Waals surface area contributed by atoms with E-state index in [4.69, 9.17) is 4.74 Å². The van der Waals surface area contributed by atoms with Crippen molar-refractivity contribution in [2.75, 3.05) is 7.11 Å². The third kappa shape index (κ3) is 4.59. The first kappa shape index (κ1) is 22.4. The van der Waals surface area contributed by atoms with Gasteiger partial charge >= 0.3 is 12.0 Å². The number of benzene rings is 1. The van der Waals surface area contributed by atoms with E-state index in [1.54, 1.807) is 11.5 Å². The van der Waals surface area contributed by atoms with Crippen LogP contribution >= 0.6 is 0 Å². The molecule has 0 saturated heterocycles. The molecule has 0 saturated carbocycles. The Morgan fingerprint density at radius 1 is 1.19 bits per heavy atom. The monoisotopic (exact) mass is 451 g/mol. The summed E-state index contributed by atoms with van der Waals surface area (Å²) in [6.45, 7) is 3.84. The highest BCUT2D eigenvalue weighted by atomic mass is 32.2. The van der Waals surface area contributed by atoms with Crippen molar-refractivity contribution in [1.29, 1.82) is 0 Å². The van der Waals surface area contributed by atoms with Crippen LogP contribution in [0.2, 0.25) is 0 Å². The van der Waals surface area contributed by atoms with Crippen LogP contribution in [-0.4, -0.2) is 40.8 Å². The van der Waals surface area contributed by atoms with Crippen molar-refractivity contribution in [1.82, 2.24) is 24.1 Å². The number of methoxy groups -OCH3 is 1. The highest BCUT2D eigenvalue weighted by molar-refractivity contribution is 7.89. The number of aromatic nitrogens is 4. The van der Waals surface area contributed by atoms with Gasteiger partial charge in [-0.15, -0.1) is 5.10 Å². The molecule has 31 heavy (non-hydrogen) atoms. The number of rotatable bonds is 8. The first-order valence-electron chi connectivity index (χ1n) is 9.30. The summed E-state index contributed by atoms with van der Waals surface area (Å²) in [5.41, 5.74) is 0.0993. The fourth-order valence-corrected chi connectivity index (χ4v) is 4.42. The summed E-state index contributed by atoms with van der Waals surface area (Å²) >= 11 is 0. The number of hydrogen-bond donors (Lipinski definition) is 1. The minimum absolute atomic E-state index is 0.0993. The Kier molecular flexibility index (Phi) is 6.41. The van der Waals surface area contributed by atoms with Gasteiger partial charge in [-0.05, 0) is 50.2 Å². The van der Waals surface area contributed by atoms with Gasteiger partial charge in [-0.3, -0.25) is 4.57 Å². The number of carbonyl (C=O) groups excluding carboxylic acids is 1. The number of hydrogen-bond acceptors (Lipinski definition) is 7. The lowest BCUT2D eigenvalue weighted by Crippen LogP contribution is -2.30. The van der Waals surface area contributed by atoms with Gasteiger partial charge in [0.1, 0.15) is 17.3 Å². The zero-order valence-electron chi connectivity index (χ0n) is 17.4. The van der Waals surface area contributed by atoms with Crippen molar-refractivity contribution in [3.63, 3.8) is 0 Å². The lowest BCUT2D eigenvalue weighted by Gasteiger charge is -2.16. The van der Waals surface area contributed by atoms with E-state index in [-0.39, 0.29) is 16.7 Å².